The fraction of sp³-hybridized carbons (Fsp3) is 0.700. The zero-order valence-electron chi connectivity index (χ0n) is 8.79. The minimum Gasteiger partial charge on any atom is -0.361 e. The first kappa shape index (κ1) is 9.68. The van der Waals surface area contributed by atoms with Gasteiger partial charge in [-0.3, -0.25) is 4.90 Å². The van der Waals surface area contributed by atoms with Gasteiger partial charge in [-0.2, -0.15) is 0 Å². The average molecular weight is 194 g/mol. The number of aromatic nitrogens is 1. The lowest BCUT2D eigenvalue weighted by Crippen LogP contribution is -2.39. The Labute approximate surface area is 84.3 Å². The molecule has 0 amide bonds. The van der Waals surface area contributed by atoms with Crippen LogP contribution in [0.4, 0.5) is 0 Å². The predicted octanol–water partition coefficient (Wildman–Crippen LogP) is 0.711. The lowest BCUT2D eigenvalue weighted by molar-refractivity contribution is 0.229. The number of aryl methyl sites for hydroxylation is 2. The Morgan fingerprint density at radius 3 is 2.57 bits per heavy atom. The lowest BCUT2D eigenvalue weighted by Gasteiger charge is -2.25. The SMILES string of the molecule is Cc1noc(C)c1CN1CC[N]CC1. The van der Waals surface area contributed by atoms with Crippen LogP contribution in [0.25, 0.3) is 0 Å². The van der Waals surface area contributed by atoms with E-state index < -0.39 is 0 Å². The molecule has 1 aromatic rings. The average Bonchev–Trinajstić information content (AvgIpc) is 2.51. The van der Waals surface area contributed by atoms with Gasteiger partial charge in [-0.05, 0) is 13.8 Å². The summed E-state index contributed by atoms with van der Waals surface area (Å²) >= 11 is 0. The van der Waals surface area contributed by atoms with E-state index in [2.05, 4.69) is 15.4 Å². The zero-order valence-corrected chi connectivity index (χ0v) is 8.79. The molecule has 0 N–H and O–H groups in total. The second kappa shape index (κ2) is 4.11. The molecular weight excluding hydrogens is 178 g/mol. The van der Waals surface area contributed by atoms with Crippen LogP contribution in [0.2, 0.25) is 0 Å². The largest absolute Gasteiger partial charge is 0.361 e. The van der Waals surface area contributed by atoms with Gasteiger partial charge in [0.15, 0.2) is 0 Å². The Balaban J connectivity index is 2.02. The molecule has 2 heterocycles. The molecule has 0 atom stereocenters. The van der Waals surface area contributed by atoms with E-state index in [-0.39, 0.29) is 0 Å². The van der Waals surface area contributed by atoms with E-state index in [1.54, 1.807) is 0 Å². The summed E-state index contributed by atoms with van der Waals surface area (Å²) in [5, 5.41) is 8.28. The highest BCUT2D eigenvalue weighted by Crippen LogP contribution is 2.15. The molecule has 1 aliphatic rings. The van der Waals surface area contributed by atoms with E-state index in [0.29, 0.717) is 0 Å². The van der Waals surface area contributed by atoms with Gasteiger partial charge in [0.05, 0.1) is 5.69 Å². The molecular formula is C10H16N3O. The van der Waals surface area contributed by atoms with Gasteiger partial charge in [0, 0.05) is 38.3 Å². The van der Waals surface area contributed by atoms with Gasteiger partial charge >= 0.3 is 0 Å². The fourth-order valence-electron chi connectivity index (χ4n) is 1.76. The molecule has 2 rings (SSSR count). The normalized spacial score (nSPS) is 18.7. The summed E-state index contributed by atoms with van der Waals surface area (Å²) in [6.45, 7) is 8.97. The number of piperazine rings is 1. The molecule has 0 aliphatic carbocycles. The lowest BCUT2D eigenvalue weighted by atomic mass is 10.2. The maximum absolute atomic E-state index is 5.14. The van der Waals surface area contributed by atoms with Crippen LogP contribution in [0.15, 0.2) is 4.52 Å². The summed E-state index contributed by atoms with van der Waals surface area (Å²) in [5.41, 5.74) is 2.26. The molecule has 0 unspecified atom stereocenters. The van der Waals surface area contributed by atoms with Crippen molar-refractivity contribution < 1.29 is 4.52 Å². The highest BCUT2D eigenvalue weighted by Gasteiger charge is 2.15. The van der Waals surface area contributed by atoms with Crippen molar-refractivity contribution in [3.8, 4) is 0 Å². The van der Waals surface area contributed by atoms with Crippen molar-refractivity contribution in [2.24, 2.45) is 0 Å². The highest BCUT2D eigenvalue weighted by atomic mass is 16.5. The van der Waals surface area contributed by atoms with Crippen molar-refractivity contribution in [3.63, 3.8) is 0 Å². The van der Waals surface area contributed by atoms with Crippen LogP contribution < -0.4 is 5.32 Å². The maximum Gasteiger partial charge on any atom is 0.138 e. The maximum atomic E-state index is 5.14. The van der Waals surface area contributed by atoms with Crippen molar-refractivity contribution >= 4 is 0 Å². The minimum atomic E-state index is 0.949. The summed E-state index contributed by atoms with van der Waals surface area (Å²) in [7, 11) is 0. The fourth-order valence-corrected chi connectivity index (χ4v) is 1.76. The Hall–Kier alpha value is -0.870. The van der Waals surface area contributed by atoms with Crippen LogP contribution in [0, 0.1) is 13.8 Å². The summed E-state index contributed by atoms with van der Waals surface area (Å²) < 4.78 is 5.14. The Kier molecular flexibility index (Phi) is 2.84. The molecule has 4 nitrogen and oxygen atoms in total. The first-order valence-corrected chi connectivity index (χ1v) is 5.04. The first-order chi connectivity index (χ1) is 6.77. The summed E-state index contributed by atoms with van der Waals surface area (Å²) in [6, 6.07) is 0. The van der Waals surface area contributed by atoms with Crippen LogP contribution in [-0.2, 0) is 6.54 Å². The molecule has 77 valence electrons. The van der Waals surface area contributed by atoms with E-state index in [0.717, 1.165) is 44.2 Å². The molecule has 0 aromatic carbocycles. The van der Waals surface area contributed by atoms with Crippen LogP contribution in [0.5, 0.6) is 0 Å². The van der Waals surface area contributed by atoms with E-state index in [9.17, 15) is 0 Å². The van der Waals surface area contributed by atoms with Crippen LogP contribution in [0.3, 0.4) is 0 Å². The van der Waals surface area contributed by atoms with E-state index in [1.165, 1.54) is 5.56 Å². The quantitative estimate of drug-likeness (QED) is 0.696. The predicted molar refractivity (Wildman–Crippen MR) is 53.1 cm³/mol. The molecule has 4 heteroatoms. The monoisotopic (exact) mass is 194 g/mol. The first-order valence-electron chi connectivity index (χ1n) is 5.04. The minimum absolute atomic E-state index is 0.949. The van der Waals surface area contributed by atoms with Gasteiger partial charge in [0.1, 0.15) is 5.76 Å². The molecule has 1 saturated heterocycles. The van der Waals surface area contributed by atoms with E-state index in [1.807, 2.05) is 13.8 Å². The van der Waals surface area contributed by atoms with Crippen molar-refractivity contribution in [3.05, 3.63) is 17.0 Å². The van der Waals surface area contributed by atoms with Crippen molar-refractivity contribution in [1.29, 1.82) is 0 Å². The van der Waals surface area contributed by atoms with Crippen molar-refractivity contribution in [2.75, 3.05) is 26.2 Å². The molecule has 1 fully saturated rings. The van der Waals surface area contributed by atoms with Gasteiger partial charge in [0.25, 0.3) is 0 Å². The molecule has 0 saturated carbocycles. The van der Waals surface area contributed by atoms with Crippen LogP contribution in [0.1, 0.15) is 17.0 Å². The van der Waals surface area contributed by atoms with Gasteiger partial charge in [-0.1, -0.05) is 5.16 Å². The molecule has 0 spiro atoms. The Morgan fingerprint density at radius 1 is 1.29 bits per heavy atom. The van der Waals surface area contributed by atoms with Gasteiger partial charge in [0.2, 0.25) is 0 Å². The van der Waals surface area contributed by atoms with Crippen LogP contribution in [-0.4, -0.2) is 36.2 Å². The Bertz CT molecular complexity index is 283. The third-order valence-corrected chi connectivity index (χ3v) is 2.71. The number of hydrogen-bond acceptors (Lipinski definition) is 3. The summed E-state index contributed by atoms with van der Waals surface area (Å²) in [4.78, 5) is 2.40. The second-order valence-electron chi connectivity index (χ2n) is 3.75. The molecule has 1 radical (unpaired) electrons. The van der Waals surface area contributed by atoms with Gasteiger partial charge in [-0.25, -0.2) is 5.32 Å². The van der Waals surface area contributed by atoms with Crippen molar-refractivity contribution in [1.82, 2.24) is 15.4 Å². The van der Waals surface area contributed by atoms with E-state index >= 15 is 0 Å². The standard InChI is InChI=1S/C10H16N3O/c1-8-10(9(2)14-12-8)7-13-5-3-11-4-6-13/h3-7H2,1-2H3. The number of nitrogens with zero attached hydrogens (tertiary/aromatic N) is 3. The topological polar surface area (TPSA) is 43.4 Å². The summed E-state index contributed by atoms with van der Waals surface area (Å²) in [6.07, 6.45) is 0. The van der Waals surface area contributed by atoms with Gasteiger partial charge < -0.3 is 4.52 Å². The third-order valence-electron chi connectivity index (χ3n) is 2.71. The van der Waals surface area contributed by atoms with E-state index in [4.69, 9.17) is 4.52 Å². The van der Waals surface area contributed by atoms with Crippen LogP contribution >= 0.6 is 0 Å². The molecule has 14 heavy (non-hydrogen) atoms. The summed E-state index contributed by atoms with van der Waals surface area (Å²) in [5.74, 6) is 0.949. The van der Waals surface area contributed by atoms with Crippen molar-refractivity contribution in [2.45, 2.75) is 20.4 Å². The third kappa shape index (κ3) is 1.96. The molecule has 1 aliphatic heterocycles. The highest BCUT2D eigenvalue weighted by molar-refractivity contribution is 5.20. The van der Waals surface area contributed by atoms with Gasteiger partial charge in [-0.15, -0.1) is 0 Å². The second-order valence-corrected chi connectivity index (χ2v) is 3.75. The number of hydrogen-bond donors (Lipinski definition) is 0. The molecule has 1 aromatic heterocycles. The molecule has 0 bridgehead atoms. The Morgan fingerprint density at radius 2 is 2.00 bits per heavy atom. The number of rotatable bonds is 2. The zero-order chi connectivity index (χ0) is 9.97. The smallest absolute Gasteiger partial charge is 0.138 e.